The molecule has 80 valence electrons. The molecule has 1 aromatic heterocycles. The largest absolute Gasteiger partial charge is 0.273 e. The summed E-state index contributed by atoms with van der Waals surface area (Å²) in [5, 5.41) is 11.7. The van der Waals surface area contributed by atoms with Crippen molar-refractivity contribution >= 4 is 17.0 Å². The first-order valence-electron chi connectivity index (χ1n) is 4.61. The monoisotopic (exact) mass is 233 g/mol. The van der Waals surface area contributed by atoms with Crippen LogP contribution in [0.5, 0.6) is 0 Å². The van der Waals surface area contributed by atoms with Gasteiger partial charge in [0.15, 0.2) is 6.19 Å². The molecular formula is C11H8FN3S. The summed E-state index contributed by atoms with van der Waals surface area (Å²) in [4.78, 5) is 5.57. The third-order valence-electron chi connectivity index (χ3n) is 2.04. The van der Waals surface area contributed by atoms with Crippen LogP contribution in [0.15, 0.2) is 35.8 Å². The van der Waals surface area contributed by atoms with Crippen LogP contribution in [0.4, 0.5) is 10.1 Å². The van der Waals surface area contributed by atoms with Crippen LogP contribution >= 0.6 is 11.3 Å². The Hall–Kier alpha value is -1.93. The Bertz CT molecular complexity index is 487. The van der Waals surface area contributed by atoms with E-state index in [-0.39, 0.29) is 5.82 Å². The van der Waals surface area contributed by atoms with Gasteiger partial charge in [-0.2, -0.15) is 5.26 Å². The van der Waals surface area contributed by atoms with Crippen molar-refractivity contribution in [1.82, 2.24) is 4.98 Å². The van der Waals surface area contributed by atoms with E-state index in [2.05, 4.69) is 11.2 Å². The Morgan fingerprint density at radius 1 is 1.38 bits per heavy atom. The van der Waals surface area contributed by atoms with Crippen LogP contribution in [0.1, 0.15) is 5.01 Å². The molecule has 5 heteroatoms. The van der Waals surface area contributed by atoms with E-state index in [9.17, 15) is 4.39 Å². The van der Waals surface area contributed by atoms with Gasteiger partial charge in [0, 0.05) is 11.6 Å². The maximum atomic E-state index is 12.7. The van der Waals surface area contributed by atoms with E-state index in [0.29, 0.717) is 12.2 Å². The number of hydrogen-bond donors (Lipinski definition) is 0. The molecule has 0 aliphatic rings. The van der Waals surface area contributed by atoms with Gasteiger partial charge < -0.3 is 0 Å². The first-order valence-corrected chi connectivity index (χ1v) is 5.49. The zero-order valence-corrected chi connectivity index (χ0v) is 9.12. The number of hydrogen-bond acceptors (Lipinski definition) is 4. The van der Waals surface area contributed by atoms with Crippen LogP contribution < -0.4 is 4.90 Å². The fraction of sp³-hybridized carbons (Fsp3) is 0.0909. The topological polar surface area (TPSA) is 39.9 Å². The maximum Gasteiger partial charge on any atom is 0.184 e. The fourth-order valence-corrected chi connectivity index (χ4v) is 1.88. The highest BCUT2D eigenvalue weighted by molar-refractivity contribution is 7.09. The summed E-state index contributed by atoms with van der Waals surface area (Å²) in [6, 6.07) is 5.82. The van der Waals surface area contributed by atoms with Gasteiger partial charge in [0.1, 0.15) is 10.8 Å². The zero-order valence-electron chi connectivity index (χ0n) is 8.30. The van der Waals surface area contributed by atoms with Crippen LogP contribution in [0, 0.1) is 17.3 Å². The summed E-state index contributed by atoms with van der Waals surface area (Å²) >= 11 is 1.49. The molecule has 0 spiro atoms. The minimum atomic E-state index is -0.309. The molecule has 1 heterocycles. The summed E-state index contributed by atoms with van der Waals surface area (Å²) < 4.78 is 12.7. The minimum absolute atomic E-state index is 0.309. The molecule has 1 aromatic carbocycles. The number of rotatable bonds is 3. The van der Waals surface area contributed by atoms with Crippen LogP contribution in [0.25, 0.3) is 0 Å². The quantitative estimate of drug-likeness (QED) is 0.604. The van der Waals surface area contributed by atoms with E-state index in [1.54, 1.807) is 18.3 Å². The summed E-state index contributed by atoms with van der Waals surface area (Å²) in [7, 11) is 0. The van der Waals surface area contributed by atoms with Gasteiger partial charge in [-0.25, -0.2) is 9.37 Å². The molecule has 0 aliphatic carbocycles. The molecule has 0 saturated carbocycles. The zero-order chi connectivity index (χ0) is 11.4. The van der Waals surface area contributed by atoms with Gasteiger partial charge in [-0.1, -0.05) is 0 Å². The van der Waals surface area contributed by atoms with Gasteiger partial charge in [-0.3, -0.25) is 4.90 Å². The lowest BCUT2D eigenvalue weighted by Crippen LogP contribution is -2.15. The first-order chi connectivity index (χ1) is 7.79. The average molecular weight is 233 g/mol. The van der Waals surface area contributed by atoms with E-state index < -0.39 is 0 Å². The van der Waals surface area contributed by atoms with Gasteiger partial charge in [-0.15, -0.1) is 11.3 Å². The normalized spacial score (nSPS) is 9.75. The smallest absolute Gasteiger partial charge is 0.184 e. The van der Waals surface area contributed by atoms with Crippen molar-refractivity contribution in [3.8, 4) is 6.19 Å². The van der Waals surface area contributed by atoms with Crippen molar-refractivity contribution < 1.29 is 4.39 Å². The van der Waals surface area contributed by atoms with Crippen molar-refractivity contribution in [1.29, 1.82) is 5.26 Å². The van der Waals surface area contributed by atoms with Gasteiger partial charge in [0.05, 0.1) is 12.2 Å². The van der Waals surface area contributed by atoms with Crippen LogP contribution in [0.3, 0.4) is 0 Å². The second kappa shape index (κ2) is 4.73. The molecule has 0 bridgehead atoms. The van der Waals surface area contributed by atoms with E-state index in [0.717, 1.165) is 5.01 Å². The van der Waals surface area contributed by atoms with E-state index in [1.165, 1.54) is 28.4 Å². The molecule has 0 unspecified atom stereocenters. The Morgan fingerprint density at radius 2 is 2.12 bits per heavy atom. The molecule has 2 aromatic rings. The van der Waals surface area contributed by atoms with E-state index >= 15 is 0 Å². The fourth-order valence-electron chi connectivity index (χ4n) is 1.27. The molecule has 0 aliphatic heterocycles. The molecule has 3 nitrogen and oxygen atoms in total. The third-order valence-corrected chi connectivity index (χ3v) is 2.80. The molecule has 2 rings (SSSR count). The molecule has 0 fully saturated rings. The number of anilines is 1. The number of thiazole rings is 1. The van der Waals surface area contributed by atoms with Crippen LogP contribution in [-0.4, -0.2) is 4.98 Å². The Morgan fingerprint density at radius 3 is 2.69 bits per heavy atom. The lowest BCUT2D eigenvalue weighted by Gasteiger charge is -2.13. The van der Waals surface area contributed by atoms with E-state index in [1.807, 2.05) is 5.38 Å². The number of nitriles is 1. The number of benzene rings is 1. The lowest BCUT2D eigenvalue weighted by atomic mass is 10.3. The Labute approximate surface area is 96.4 Å². The second-order valence-corrected chi connectivity index (χ2v) is 4.07. The lowest BCUT2D eigenvalue weighted by molar-refractivity contribution is 0.627. The summed E-state index contributed by atoms with van der Waals surface area (Å²) in [6.45, 7) is 0.416. The number of aromatic nitrogens is 1. The van der Waals surface area contributed by atoms with Crippen molar-refractivity contribution in [2.75, 3.05) is 4.90 Å². The molecular weight excluding hydrogens is 225 g/mol. The molecule has 0 saturated heterocycles. The van der Waals surface area contributed by atoms with Gasteiger partial charge >= 0.3 is 0 Å². The van der Waals surface area contributed by atoms with Crippen molar-refractivity contribution in [2.45, 2.75) is 6.54 Å². The van der Waals surface area contributed by atoms with Gasteiger partial charge in [0.25, 0.3) is 0 Å². The van der Waals surface area contributed by atoms with Gasteiger partial charge in [0.2, 0.25) is 0 Å². The van der Waals surface area contributed by atoms with Crippen molar-refractivity contribution in [2.24, 2.45) is 0 Å². The highest BCUT2D eigenvalue weighted by atomic mass is 32.1. The minimum Gasteiger partial charge on any atom is -0.273 e. The second-order valence-electron chi connectivity index (χ2n) is 3.09. The number of halogens is 1. The highest BCUT2D eigenvalue weighted by Crippen LogP contribution is 2.17. The Balaban J connectivity index is 2.17. The average Bonchev–Trinajstić information content (AvgIpc) is 2.80. The van der Waals surface area contributed by atoms with E-state index in [4.69, 9.17) is 5.26 Å². The summed E-state index contributed by atoms with van der Waals surface area (Å²) in [5.74, 6) is -0.309. The predicted molar refractivity (Wildman–Crippen MR) is 60.3 cm³/mol. The van der Waals surface area contributed by atoms with Crippen LogP contribution in [-0.2, 0) is 6.54 Å². The van der Waals surface area contributed by atoms with Crippen molar-refractivity contribution in [3.63, 3.8) is 0 Å². The molecule has 0 atom stereocenters. The highest BCUT2D eigenvalue weighted by Gasteiger charge is 2.07. The Kier molecular flexibility index (Phi) is 3.13. The van der Waals surface area contributed by atoms with Crippen molar-refractivity contribution in [3.05, 3.63) is 46.7 Å². The maximum absolute atomic E-state index is 12.7. The molecule has 16 heavy (non-hydrogen) atoms. The molecule has 0 amide bonds. The SMILES string of the molecule is N#CN(Cc1nccs1)c1ccc(F)cc1. The molecule has 0 N–H and O–H groups in total. The molecule has 0 radical (unpaired) electrons. The third kappa shape index (κ3) is 2.35. The van der Waals surface area contributed by atoms with Crippen LogP contribution in [0.2, 0.25) is 0 Å². The standard InChI is InChI=1S/C11H8FN3S/c12-9-1-3-10(4-2-9)15(8-13)7-11-14-5-6-16-11/h1-6H,7H2. The number of nitrogens with zero attached hydrogens (tertiary/aromatic N) is 3. The first kappa shape index (κ1) is 10.6. The summed E-state index contributed by atoms with van der Waals surface area (Å²) in [5.41, 5.74) is 0.666. The van der Waals surface area contributed by atoms with Gasteiger partial charge in [-0.05, 0) is 24.3 Å². The summed E-state index contributed by atoms with van der Waals surface area (Å²) in [6.07, 6.45) is 3.75. The predicted octanol–water partition coefficient (Wildman–Crippen LogP) is 2.77.